The van der Waals surface area contributed by atoms with Crippen molar-refractivity contribution in [3.8, 4) is 0 Å². The van der Waals surface area contributed by atoms with E-state index < -0.39 is 12.1 Å². The van der Waals surface area contributed by atoms with E-state index >= 15 is 0 Å². The van der Waals surface area contributed by atoms with E-state index in [1.54, 1.807) is 6.92 Å². The Morgan fingerprint density at radius 1 is 1.89 bits per heavy atom. The van der Waals surface area contributed by atoms with Gasteiger partial charge in [0.2, 0.25) is 6.17 Å². The molecule has 9 heavy (non-hydrogen) atoms. The molecule has 0 rings (SSSR count). The summed E-state index contributed by atoms with van der Waals surface area (Å²) in [4.78, 5) is 9.82. The summed E-state index contributed by atoms with van der Waals surface area (Å²) >= 11 is 0. The lowest BCUT2D eigenvalue weighted by atomic mass is 10.2. The van der Waals surface area contributed by atoms with Crippen LogP contribution in [0.1, 0.15) is 13.3 Å². The highest BCUT2D eigenvalue weighted by Crippen LogP contribution is 2.04. The lowest BCUT2D eigenvalue weighted by Crippen LogP contribution is -2.13. The van der Waals surface area contributed by atoms with Gasteiger partial charge in [-0.15, -0.1) is 6.58 Å². The van der Waals surface area contributed by atoms with Gasteiger partial charge in [-0.25, -0.2) is 9.18 Å². The van der Waals surface area contributed by atoms with E-state index in [0.717, 1.165) is 0 Å². The largest absolute Gasteiger partial charge is 0.479 e. The standard InChI is InChI=1S/C6H9FO2/c1-4(2)3-5(7)6(8)9/h5H,1,3H2,2H3,(H,8,9)/t5-/m0/s1. The van der Waals surface area contributed by atoms with Crippen molar-refractivity contribution in [1.29, 1.82) is 0 Å². The van der Waals surface area contributed by atoms with Crippen molar-refractivity contribution in [2.24, 2.45) is 0 Å². The van der Waals surface area contributed by atoms with Crippen LogP contribution in [-0.4, -0.2) is 17.2 Å². The van der Waals surface area contributed by atoms with Crippen molar-refractivity contribution >= 4 is 5.97 Å². The molecule has 0 aromatic heterocycles. The van der Waals surface area contributed by atoms with E-state index in [1.165, 1.54) is 0 Å². The molecule has 0 unspecified atom stereocenters. The van der Waals surface area contributed by atoms with Crippen LogP contribution < -0.4 is 0 Å². The van der Waals surface area contributed by atoms with Crippen LogP contribution in [0.4, 0.5) is 4.39 Å². The molecule has 0 fully saturated rings. The number of alkyl halides is 1. The van der Waals surface area contributed by atoms with Crippen LogP contribution in [-0.2, 0) is 4.79 Å². The van der Waals surface area contributed by atoms with Gasteiger partial charge in [0.05, 0.1) is 0 Å². The van der Waals surface area contributed by atoms with Gasteiger partial charge in [-0.1, -0.05) is 5.57 Å². The highest BCUT2D eigenvalue weighted by molar-refractivity contribution is 5.72. The molecule has 0 aromatic carbocycles. The third-order valence-electron chi connectivity index (χ3n) is 0.796. The Bertz CT molecular complexity index is 131. The first-order valence-electron chi connectivity index (χ1n) is 2.55. The molecule has 0 aliphatic rings. The second-order valence-corrected chi connectivity index (χ2v) is 1.97. The van der Waals surface area contributed by atoms with E-state index in [2.05, 4.69) is 6.58 Å². The molecule has 0 amide bonds. The minimum atomic E-state index is -1.79. The van der Waals surface area contributed by atoms with E-state index in [-0.39, 0.29) is 6.42 Å². The number of rotatable bonds is 3. The van der Waals surface area contributed by atoms with Crippen LogP contribution in [0.3, 0.4) is 0 Å². The average molecular weight is 132 g/mol. The topological polar surface area (TPSA) is 37.3 Å². The Balaban J connectivity index is 3.63. The summed E-state index contributed by atoms with van der Waals surface area (Å²) in [6, 6.07) is 0. The Morgan fingerprint density at radius 2 is 2.33 bits per heavy atom. The average Bonchev–Trinajstić information content (AvgIpc) is 1.63. The van der Waals surface area contributed by atoms with Gasteiger partial charge in [0, 0.05) is 6.42 Å². The highest BCUT2D eigenvalue weighted by atomic mass is 19.1. The fourth-order valence-corrected chi connectivity index (χ4v) is 0.393. The molecule has 0 spiro atoms. The van der Waals surface area contributed by atoms with Crippen molar-refractivity contribution in [2.45, 2.75) is 19.5 Å². The fourth-order valence-electron chi connectivity index (χ4n) is 0.393. The number of halogens is 1. The Hall–Kier alpha value is -0.860. The molecule has 0 radical (unpaired) electrons. The van der Waals surface area contributed by atoms with Gasteiger partial charge < -0.3 is 5.11 Å². The normalized spacial score (nSPS) is 12.7. The maximum atomic E-state index is 12.1. The molecular formula is C6H9FO2. The van der Waals surface area contributed by atoms with Crippen LogP contribution in [0, 0.1) is 0 Å². The van der Waals surface area contributed by atoms with Gasteiger partial charge in [-0.3, -0.25) is 0 Å². The first-order valence-corrected chi connectivity index (χ1v) is 2.55. The van der Waals surface area contributed by atoms with Crippen LogP contribution in [0.15, 0.2) is 12.2 Å². The minimum absolute atomic E-state index is 0.0880. The van der Waals surface area contributed by atoms with Gasteiger partial charge >= 0.3 is 5.97 Å². The molecule has 52 valence electrons. The molecular weight excluding hydrogens is 123 g/mol. The zero-order valence-corrected chi connectivity index (χ0v) is 5.22. The van der Waals surface area contributed by atoms with Gasteiger partial charge in [-0.05, 0) is 6.92 Å². The summed E-state index contributed by atoms with van der Waals surface area (Å²) in [6.07, 6.45) is -1.88. The maximum Gasteiger partial charge on any atom is 0.338 e. The van der Waals surface area contributed by atoms with Gasteiger partial charge in [-0.2, -0.15) is 0 Å². The summed E-state index contributed by atoms with van der Waals surface area (Å²) in [7, 11) is 0. The van der Waals surface area contributed by atoms with Gasteiger partial charge in [0.1, 0.15) is 0 Å². The lowest BCUT2D eigenvalue weighted by molar-refractivity contribution is -0.142. The van der Waals surface area contributed by atoms with E-state index in [9.17, 15) is 9.18 Å². The van der Waals surface area contributed by atoms with Crippen LogP contribution in [0.5, 0.6) is 0 Å². The SMILES string of the molecule is C=C(C)C[C@H](F)C(=O)O. The number of allylic oxidation sites excluding steroid dienone is 1. The molecule has 0 saturated carbocycles. The maximum absolute atomic E-state index is 12.1. The number of carbonyl (C=O) groups is 1. The summed E-state index contributed by atoms with van der Waals surface area (Å²) < 4.78 is 12.1. The van der Waals surface area contributed by atoms with E-state index in [4.69, 9.17) is 5.11 Å². The third kappa shape index (κ3) is 3.70. The summed E-state index contributed by atoms with van der Waals surface area (Å²) in [5.41, 5.74) is 0.546. The zero-order chi connectivity index (χ0) is 7.44. The monoisotopic (exact) mass is 132 g/mol. The van der Waals surface area contributed by atoms with E-state index in [1.807, 2.05) is 0 Å². The number of carboxylic acid groups (broad SMARTS) is 1. The molecule has 0 saturated heterocycles. The first-order chi connectivity index (χ1) is 4.04. The highest BCUT2D eigenvalue weighted by Gasteiger charge is 2.14. The van der Waals surface area contributed by atoms with E-state index in [0.29, 0.717) is 5.57 Å². The summed E-state index contributed by atoms with van der Waals surface area (Å²) in [5.74, 6) is -1.42. The van der Waals surface area contributed by atoms with Crippen molar-refractivity contribution in [3.05, 3.63) is 12.2 Å². The summed E-state index contributed by atoms with van der Waals surface area (Å²) in [6.45, 7) is 4.97. The molecule has 0 aromatic rings. The fraction of sp³-hybridized carbons (Fsp3) is 0.500. The number of hydrogen-bond donors (Lipinski definition) is 1. The Morgan fingerprint density at radius 3 is 2.44 bits per heavy atom. The first kappa shape index (κ1) is 8.14. The lowest BCUT2D eigenvalue weighted by Gasteiger charge is -1.99. The Labute approximate surface area is 53.0 Å². The Kier molecular flexibility index (Phi) is 2.91. The second kappa shape index (κ2) is 3.22. The number of aliphatic carboxylic acids is 1. The van der Waals surface area contributed by atoms with Crippen molar-refractivity contribution in [3.63, 3.8) is 0 Å². The predicted octanol–water partition coefficient (Wildman–Crippen LogP) is 1.38. The van der Waals surface area contributed by atoms with Crippen molar-refractivity contribution in [2.75, 3.05) is 0 Å². The van der Waals surface area contributed by atoms with Gasteiger partial charge in [0.15, 0.2) is 0 Å². The molecule has 0 aliphatic carbocycles. The third-order valence-corrected chi connectivity index (χ3v) is 0.796. The van der Waals surface area contributed by atoms with Crippen molar-refractivity contribution < 1.29 is 14.3 Å². The molecule has 0 heterocycles. The molecule has 0 aliphatic heterocycles. The summed E-state index contributed by atoms with van der Waals surface area (Å²) in [5, 5.41) is 8.01. The minimum Gasteiger partial charge on any atom is -0.479 e. The van der Waals surface area contributed by atoms with Crippen molar-refractivity contribution in [1.82, 2.24) is 0 Å². The van der Waals surface area contributed by atoms with Crippen LogP contribution in [0.2, 0.25) is 0 Å². The number of hydrogen-bond acceptors (Lipinski definition) is 1. The molecule has 2 nitrogen and oxygen atoms in total. The molecule has 3 heteroatoms. The zero-order valence-electron chi connectivity index (χ0n) is 5.22. The predicted molar refractivity (Wildman–Crippen MR) is 32.0 cm³/mol. The molecule has 1 N–H and O–H groups in total. The van der Waals surface area contributed by atoms with Crippen LogP contribution >= 0.6 is 0 Å². The van der Waals surface area contributed by atoms with Crippen LogP contribution in [0.25, 0.3) is 0 Å². The number of carboxylic acids is 1. The molecule has 0 bridgehead atoms. The quantitative estimate of drug-likeness (QED) is 0.589. The second-order valence-electron chi connectivity index (χ2n) is 1.97. The smallest absolute Gasteiger partial charge is 0.338 e. The van der Waals surface area contributed by atoms with Gasteiger partial charge in [0.25, 0.3) is 0 Å². The molecule has 1 atom stereocenters.